The van der Waals surface area contributed by atoms with Crippen molar-refractivity contribution in [2.45, 2.75) is 30.2 Å². The largest absolute Gasteiger partial charge is 0.493 e. The molecule has 10 heteroatoms. The third-order valence-corrected chi connectivity index (χ3v) is 5.44. The van der Waals surface area contributed by atoms with E-state index in [0.717, 1.165) is 16.7 Å². The minimum absolute atomic E-state index is 0.0694. The van der Waals surface area contributed by atoms with E-state index in [4.69, 9.17) is 23.2 Å². The first kappa shape index (κ1) is 18.8. The lowest BCUT2D eigenvalue weighted by atomic mass is 10.2. The maximum Gasteiger partial charge on any atom is 0.258 e. The van der Waals surface area contributed by atoms with Crippen LogP contribution < -0.4 is 10.5 Å². The topological polar surface area (TPSA) is 103 Å². The number of anilines is 1. The van der Waals surface area contributed by atoms with Gasteiger partial charge in [0.2, 0.25) is 17.7 Å². The lowest BCUT2D eigenvalue weighted by molar-refractivity contribution is -0.121. The Labute approximate surface area is 162 Å². The molecule has 0 saturated carbocycles. The summed E-state index contributed by atoms with van der Waals surface area (Å²) in [4.78, 5) is 44.3. The van der Waals surface area contributed by atoms with Gasteiger partial charge in [0, 0.05) is 11.4 Å². The molecule has 1 aromatic carbocycles. The number of carbonyl (C=O) groups is 2. The van der Waals surface area contributed by atoms with Crippen LogP contribution in [0, 0.1) is 0 Å². The fourth-order valence-corrected chi connectivity index (χ4v) is 4.07. The number of amides is 2. The fourth-order valence-electron chi connectivity index (χ4n) is 2.59. The highest BCUT2D eigenvalue weighted by Gasteiger charge is 2.41. The number of nitrogens with zero attached hydrogens (tertiary/aromatic N) is 2. The van der Waals surface area contributed by atoms with Crippen molar-refractivity contribution < 1.29 is 14.7 Å². The van der Waals surface area contributed by atoms with Gasteiger partial charge in [0.1, 0.15) is 5.25 Å². The molecule has 1 aromatic heterocycles. The number of nitrogens with one attached hydrogen (secondary N) is 1. The number of rotatable bonds is 4. The summed E-state index contributed by atoms with van der Waals surface area (Å²) in [6, 6.07) is 4.47. The third kappa shape index (κ3) is 3.44. The lowest BCUT2D eigenvalue weighted by Gasteiger charge is -2.16. The Kier molecular flexibility index (Phi) is 5.27. The van der Waals surface area contributed by atoms with E-state index in [1.165, 1.54) is 18.2 Å². The van der Waals surface area contributed by atoms with E-state index < -0.39 is 22.6 Å². The molecule has 1 aliphatic heterocycles. The number of H-pyrrole nitrogens is 1. The minimum Gasteiger partial charge on any atom is -0.493 e. The summed E-state index contributed by atoms with van der Waals surface area (Å²) >= 11 is 12.8. The normalized spacial score (nSPS) is 17.2. The Balaban J connectivity index is 1.87. The molecule has 1 saturated heterocycles. The monoisotopic (exact) mass is 413 g/mol. The van der Waals surface area contributed by atoms with Crippen molar-refractivity contribution >= 4 is 52.5 Å². The van der Waals surface area contributed by atoms with Crippen LogP contribution in [0.4, 0.5) is 5.69 Å². The van der Waals surface area contributed by atoms with Crippen LogP contribution in [-0.2, 0) is 16.0 Å². The van der Waals surface area contributed by atoms with Crippen molar-refractivity contribution in [3.05, 3.63) is 44.2 Å². The molecule has 0 radical (unpaired) electrons. The Bertz CT molecular complexity index is 963. The van der Waals surface area contributed by atoms with E-state index in [2.05, 4.69) is 9.97 Å². The summed E-state index contributed by atoms with van der Waals surface area (Å²) in [5.74, 6) is -1.28. The van der Waals surface area contributed by atoms with Crippen molar-refractivity contribution in [3.63, 3.8) is 0 Å². The van der Waals surface area contributed by atoms with E-state index in [-0.39, 0.29) is 33.7 Å². The highest BCUT2D eigenvalue weighted by atomic mass is 35.5. The van der Waals surface area contributed by atoms with Gasteiger partial charge in [-0.2, -0.15) is 4.98 Å². The Morgan fingerprint density at radius 2 is 2.08 bits per heavy atom. The van der Waals surface area contributed by atoms with Gasteiger partial charge in [-0.05, 0) is 24.6 Å². The van der Waals surface area contributed by atoms with E-state index >= 15 is 0 Å². The number of benzene rings is 1. The molecule has 2 heterocycles. The van der Waals surface area contributed by atoms with Crippen LogP contribution in [0.25, 0.3) is 0 Å². The van der Waals surface area contributed by atoms with Crippen LogP contribution in [0.5, 0.6) is 5.88 Å². The molecule has 7 nitrogen and oxygen atoms in total. The second-order valence-corrected chi connectivity index (χ2v) is 7.54. The standard InChI is InChI=1S/C16H13Cl2N3O4S/c1-2-8-13(23)19-16(20-14(8)24)26-11-6-12(22)21(15(11)25)10-4-3-7(17)5-9(10)18/h3-5,11H,2,6H2,1H3,(H2,19,20,23,24)/t11-/m1/s1. The molecule has 1 aliphatic rings. The lowest BCUT2D eigenvalue weighted by Crippen LogP contribution is -2.31. The summed E-state index contributed by atoms with van der Waals surface area (Å²) in [6.07, 6.45) is 0.241. The van der Waals surface area contributed by atoms with Crippen LogP contribution in [-0.4, -0.2) is 32.1 Å². The number of hydrogen-bond acceptors (Lipinski definition) is 6. The van der Waals surface area contributed by atoms with E-state index in [1.54, 1.807) is 6.92 Å². The van der Waals surface area contributed by atoms with Gasteiger partial charge in [0.25, 0.3) is 5.56 Å². The van der Waals surface area contributed by atoms with E-state index in [9.17, 15) is 19.5 Å². The van der Waals surface area contributed by atoms with Crippen molar-refractivity contribution in [2.75, 3.05) is 4.90 Å². The molecule has 0 bridgehead atoms. The Hall–Kier alpha value is -2.03. The second-order valence-electron chi connectivity index (χ2n) is 5.50. The van der Waals surface area contributed by atoms with Gasteiger partial charge in [-0.15, -0.1) is 0 Å². The van der Waals surface area contributed by atoms with Gasteiger partial charge < -0.3 is 10.1 Å². The average molecular weight is 414 g/mol. The number of halogens is 2. The van der Waals surface area contributed by atoms with Crippen LogP contribution in [0.3, 0.4) is 0 Å². The zero-order valence-corrected chi connectivity index (χ0v) is 15.8. The van der Waals surface area contributed by atoms with Gasteiger partial charge >= 0.3 is 0 Å². The fraction of sp³-hybridized carbons (Fsp3) is 0.250. The molecule has 136 valence electrons. The first-order valence-corrected chi connectivity index (χ1v) is 9.26. The summed E-state index contributed by atoms with van der Waals surface area (Å²) in [6.45, 7) is 1.71. The summed E-state index contributed by atoms with van der Waals surface area (Å²) in [5, 5.41) is 9.67. The molecule has 2 aromatic rings. The number of hydrogen-bond donors (Lipinski definition) is 2. The van der Waals surface area contributed by atoms with Crippen molar-refractivity contribution in [3.8, 4) is 5.88 Å². The van der Waals surface area contributed by atoms with E-state index in [1.807, 2.05) is 0 Å². The molecular formula is C16H13Cl2N3O4S. The number of aromatic hydroxyl groups is 1. The molecule has 0 spiro atoms. The van der Waals surface area contributed by atoms with E-state index in [0.29, 0.717) is 11.4 Å². The zero-order valence-electron chi connectivity index (χ0n) is 13.5. The molecule has 2 amide bonds. The summed E-state index contributed by atoms with van der Waals surface area (Å²) < 4.78 is 0. The molecule has 0 unspecified atom stereocenters. The summed E-state index contributed by atoms with van der Waals surface area (Å²) in [7, 11) is 0. The van der Waals surface area contributed by atoms with Crippen LogP contribution in [0.1, 0.15) is 18.9 Å². The number of thioether (sulfide) groups is 1. The number of aromatic nitrogens is 2. The zero-order chi connectivity index (χ0) is 19.0. The smallest absolute Gasteiger partial charge is 0.258 e. The Morgan fingerprint density at radius 1 is 1.35 bits per heavy atom. The van der Waals surface area contributed by atoms with Crippen LogP contribution in [0.2, 0.25) is 10.0 Å². The average Bonchev–Trinajstić information content (AvgIpc) is 2.82. The van der Waals surface area contributed by atoms with Crippen molar-refractivity contribution in [1.29, 1.82) is 0 Å². The maximum absolute atomic E-state index is 12.7. The van der Waals surface area contributed by atoms with Gasteiger partial charge in [0.15, 0.2) is 5.16 Å². The first-order chi connectivity index (χ1) is 12.3. The number of aromatic amines is 1. The SMILES string of the molecule is CCc1c(O)nc(S[C@@H]2CC(=O)N(c3ccc(Cl)cc3Cl)C2=O)[nH]c1=O. The second kappa shape index (κ2) is 7.30. The number of carbonyl (C=O) groups excluding carboxylic acids is 2. The predicted octanol–water partition coefficient (Wildman–Crippen LogP) is 2.77. The summed E-state index contributed by atoms with van der Waals surface area (Å²) in [5.41, 5.74) is -0.0607. The van der Waals surface area contributed by atoms with Gasteiger partial charge in [-0.25, -0.2) is 4.90 Å². The molecule has 0 aliphatic carbocycles. The number of imide groups is 1. The van der Waals surface area contributed by atoms with Gasteiger partial charge in [-0.3, -0.25) is 14.4 Å². The highest BCUT2D eigenvalue weighted by molar-refractivity contribution is 8.00. The molecule has 3 rings (SSSR count). The Morgan fingerprint density at radius 3 is 2.69 bits per heavy atom. The molecular weight excluding hydrogens is 401 g/mol. The van der Waals surface area contributed by atoms with Gasteiger partial charge in [-0.1, -0.05) is 41.9 Å². The quantitative estimate of drug-likeness (QED) is 0.589. The van der Waals surface area contributed by atoms with Crippen molar-refractivity contribution in [1.82, 2.24) is 9.97 Å². The predicted molar refractivity (Wildman–Crippen MR) is 99.1 cm³/mol. The van der Waals surface area contributed by atoms with Crippen LogP contribution >= 0.6 is 35.0 Å². The molecule has 2 N–H and O–H groups in total. The molecule has 26 heavy (non-hydrogen) atoms. The first-order valence-electron chi connectivity index (χ1n) is 7.62. The van der Waals surface area contributed by atoms with Crippen LogP contribution in [0.15, 0.2) is 28.2 Å². The minimum atomic E-state index is -0.788. The van der Waals surface area contributed by atoms with Gasteiger partial charge in [0.05, 0.1) is 16.3 Å². The highest BCUT2D eigenvalue weighted by Crippen LogP contribution is 2.36. The van der Waals surface area contributed by atoms with Crippen molar-refractivity contribution in [2.24, 2.45) is 0 Å². The third-order valence-electron chi connectivity index (χ3n) is 3.84. The maximum atomic E-state index is 12.7. The molecule has 1 fully saturated rings. The molecule has 1 atom stereocenters.